The molecular formula is C15H27N3S. The molecule has 0 amide bonds. The van der Waals surface area contributed by atoms with Crippen LogP contribution in [0.25, 0.3) is 0 Å². The highest BCUT2D eigenvalue weighted by Crippen LogP contribution is 2.43. The van der Waals surface area contributed by atoms with Crippen LogP contribution >= 0.6 is 11.3 Å². The highest BCUT2D eigenvalue weighted by atomic mass is 32.1. The number of hydrogen-bond acceptors (Lipinski definition) is 4. The van der Waals surface area contributed by atoms with Crippen LogP contribution in [0.4, 0.5) is 5.13 Å². The van der Waals surface area contributed by atoms with Gasteiger partial charge < -0.3 is 10.6 Å². The SMILES string of the molecule is CCCN(CCC)c1nc2c(s1)C(N)CC(C)(C)C2. The van der Waals surface area contributed by atoms with Crippen molar-refractivity contribution in [2.75, 3.05) is 18.0 Å². The van der Waals surface area contributed by atoms with Crippen LogP contribution in [-0.4, -0.2) is 18.1 Å². The Bertz CT molecular complexity index is 419. The third-order valence-corrected chi connectivity index (χ3v) is 5.02. The van der Waals surface area contributed by atoms with E-state index in [0.29, 0.717) is 0 Å². The zero-order valence-corrected chi connectivity index (χ0v) is 13.5. The van der Waals surface area contributed by atoms with Crippen molar-refractivity contribution in [3.8, 4) is 0 Å². The predicted octanol–water partition coefficient (Wildman–Crippen LogP) is 3.74. The van der Waals surface area contributed by atoms with E-state index in [1.807, 2.05) is 11.3 Å². The van der Waals surface area contributed by atoms with Gasteiger partial charge in [-0.05, 0) is 31.1 Å². The summed E-state index contributed by atoms with van der Waals surface area (Å²) in [7, 11) is 0. The topological polar surface area (TPSA) is 42.2 Å². The van der Waals surface area contributed by atoms with Gasteiger partial charge in [-0.15, -0.1) is 0 Å². The van der Waals surface area contributed by atoms with Gasteiger partial charge in [-0.2, -0.15) is 0 Å². The summed E-state index contributed by atoms with van der Waals surface area (Å²) in [5.74, 6) is 0. The number of rotatable bonds is 5. The van der Waals surface area contributed by atoms with Gasteiger partial charge in [0, 0.05) is 24.0 Å². The van der Waals surface area contributed by atoms with Crippen molar-refractivity contribution >= 4 is 16.5 Å². The van der Waals surface area contributed by atoms with E-state index in [-0.39, 0.29) is 11.5 Å². The number of thiazole rings is 1. The van der Waals surface area contributed by atoms with Crippen molar-refractivity contribution in [1.82, 2.24) is 4.98 Å². The smallest absolute Gasteiger partial charge is 0.185 e. The number of anilines is 1. The molecule has 0 saturated carbocycles. The van der Waals surface area contributed by atoms with Gasteiger partial charge in [0.25, 0.3) is 0 Å². The van der Waals surface area contributed by atoms with Crippen LogP contribution in [0, 0.1) is 5.41 Å². The second kappa shape index (κ2) is 5.80. The molecular weight excluding hydrogens is 254 g/mol. The number of aromatic nitrogens is 1. The van der Waals surface area contributed by atoms with Gasteiger partial charge in [0.1, 0.15) is 0 Å². The highest BCUT2D eigenvalue weighted by Gasteiger charge is 2.33. The summed E-state index contributed by atoms with van der Waals surface area (Å²) >= 11 is 1.82. The standard InChI is InChI=1S/C15H27N3S/c1-5-7-18(8-6-2)14-17-12-10-15(3,4)9-11(16)13(12)19-14/h11H,5-10,16H2,1-4H3. The van der Waals surface area contributed by atoms with Crippen LogP contribution in [0.2, 0.25) is 0 Å². The molecule has 108 valence electrons. The monoisotopic (exact) mass is 281 g/mol. The molecule has 1 aromatic heterocycles. The predicted molar refractivity (Wildman–Crippen MR) is 83.9 cm³/mol. The average molecular weight is 281 g/mol. The van der Waals surface area contributed by atoms with Crippen molar-refractivity contribution in [3.05, 3.63) is 10.6 Å². The molecule has 0 aliphatic heterocycles. The first-order valence-electron chi connectivity index (χ1n) is 7.47. The average Bonchev–Trinajstić information content (AvgIpc) is 2.71. The van der Waals surface area contributed by atoms with Crippen molar-refractivity contribution in [2.24, 2.45) is 11.1 Å². The van der Waals surface area contributed by atoms with Crippen molar-refractivity contribution in [2.45, 2.75) is 59.4 Å². The molecule has 0 saturated heterocycles. The van der Waals surface area contributed by atoms with Crippen molar-refractivity contribution < 1.29 is 0 Å². The van der Waals surface area contributed by atoms with Crippen molar-refractivity contribution in [3.63, 3.8) is 0 Å². The summed E-state index contributed by atoms with van der Waals surface area (Å²) in [6, 6.07) is 0.176. The lowest BCUT2D eigenvalue weighted by atomic mass is 9.77. The summed E-state index contributed by atoms with van der Waals surface area (Å²) < 4.78 is 0. The molecule has 1 heterocycles. The largest absolute Gasteiger partial charge is 0.348 e. The number of hydrogen-bond donors (Lipinski definition) is 1. The second-order valence-electron chi connectivity index (χ2n) is 6.45. The molecule has 0 fully saturated rings. The number of nitrogens with two attached hydrogens (primary N) is 1. The van der Waals surface area contributed by atoms with Gasteiger partial charge in [0.2, 0.25) is 0 Å². The molecule has 0 radical (unpaired) electrons. The van der Waals surface area contributed by atoms with Gasteiger partial charge in [-0.25, -0.2) is 4.98 Å². The lowest BCUT2D eigenvalue weighted by molar-refractivity contribution is 0.282. The number of fused-ring (bicyclic) bond motifs is 1. The van der Waals surface area contributed by atoms with Crippen LogP contribution in [0.15, 0.2) is 0 Å². The van der Waals surface area contributed by atoms with Crippen molar-refractivity contribution in [1.29, 1.82) is 0 Å². The quantitative estimate of drug-likeness (QED) is 0.894. The zero-order valence-electron chi connectivity index (χ0n) is 12.7. The molecule has 2 N–H and O–H groups in total. The van der Waals surface area contributed by atoms with E-state index in [4.69, 9.17) is 10.7 Å². The molecule has 1 aliphatic carbocycles. The van der Waals surface area contributed by atoms with Gasteiger partial charge in [-0.3, -0.25) is 0 Å². The lowest BCUT2D eigenvalue weighted by Crippen LogP contribution is -2.28. The van der Waals surface area contributed by atoms with Crippen LogP contribution in [0.5, 0.6) is 0 Å². The molecule has 1 atom stereocenters. The van der Waals surface area contributed by atoms with Crippen LogP contribution < -0.4 is 10.6 Å². The van der Waals surface area contributed by atoms with E-state index in [1.54, 1.807) is 0 Å². The Kier molecular flexibility index (Phi) is 4.51. The Morgan fingerprint density at radius 2 is 1.95 bits per heavy atom. The van der Waals surface area contributed by atoms with Crippen LogP contribution in [0.3, 0.4) is 0 Å². The maximum Gasteiger partial charge on any atom is 0.185 e. The second-order valence-corrected chi connectivity index (χ2v) is 7.46. The first kappa shape index (κ1) is 14.8. The Balaban J connectivity index is 2.25. The maximum atomic E-state index is 6.34. The van der Waals surface area contributed by atoms with Gasteiger partial charge in [0.15, 0.2) is 5.13 Å². The van der Waals surface area contributed by atoms with E-state index >= 15 is 0 Å². The van der Waals surface area contributed by atoms with Crippen LogP contribution in [-0.2, 0) is 6.42 Å². The molecule has 3 nitrogen and oxygen atoms in total. The minimum atomic E-state index is 0.176. The Morgan fingerprint density at radius 3 is 2.53 bits per heavy atom. The molecule has 1 aliphatic rings. The molecule has 2 rings (SSSR count). The van der Waals surface area contributed by atoms with E-state index in [2.05, 4.69) is 32.6 Å². The molecule has 1 unspecified atom stereocenters. The summed E-state index contributed by atoms with van der Waals surface area (Å²) in [6.07, 6.45) is 4.48. The maximum absolute atomic E-state index is 6.34. The fraction of sp³-hybridized carbons (Fsp3) is 0.800. The molecule has 0 aromatic carbocycles. The first-order valence-corrected chi connectivity index (χ1v) is 8.28. The zero-order chi connectivity index (χ0) is 14.0. The Morgan fingerprint density at radius 1 is 1.32 bits per heavy atom. The minimum absolute atomic E-state index is 0.176. The van der Waals surface area contributed by atoms with E-state index in [9.17, 15) is 0 Å². The number of nitrogens with zero attached hydrogens (tertiary/aromatic N) is 2. The molecule has 0 bridgehead atoms. The van der Waals surface area contributed by atoms with Gasteiger partial charge in [-0.1, -0.05) is 39.0 Å². The fourth-order valence-corrected chi connectivity index (χ4v) is 4.09. The third kappa shape index (κ3) is 3.29. The minimum Gasteiger partial charge on any atom is -0.348 e. The summed E-state index contributed by atoms with van der Waals surface area (Å²) in [5, 5.41) is 1.18. The summed E-state index contributed by atoms with van der Waals surface area (Å²) in [6.45, 7) is 11.2. The van der Waals surface area contributed by atoms with Gasteiger partial charge in [0.05, 0.1) is 5.69 Å². The third-order valence-electron chi connectivity index (χ3n) is 3.73. The van der Waals surface area contributed by atoms with E-state index in [1.165, 1.54) is 28.5 Å². The van der Waals surface area contributed by atoms with Crippen LogP contribution in [0.1, 0.15) is 63.6 Å². The molecule has 4 heteroatoms. The summed E-state index contributed by atoms with van der Waals surface area (Å²) in [4.78, 5) is 8.64. The molecule has 19 heavy (non-hydrogen) atoms. The summed E-state index contributed by atoms with van der Waals surface area (Å²) in [5.41, 5.74) is 7.88. The molecule has 1 aromatic rings. The Hall–Kier alpha value is -0.610. The van der Waals surface area contributed by atoms with Gasteiger partial charge >= 0.3 is 0 Å². The highest BCUT2D eigenvalue weighted by molar-refractivity contribution is 7.15. The normalized spacial score (nSPS) is 21.2. The fourth-order valence-electron chi connectivity index (χ4n) is 2.96. The lowest BCUT2D eigenvalue weighted by Gasteiger charge is -2.32. The first-order chi connectivity index (χ1) is 8.96. The van der Waals surface area contributed by atoms with E-state index in [0.717, 1.165) is 25.9 Å². The van der Waals surface area contributed by atoms with E-state index < -0.39 is 0 Å². The Labute approximate surface area is 121 Å². The molecule has 0 spiro atoms.